The second-order valence-corrected chi connectivity index (χ2v) is 5.99. The van der Waals surface area contributed by atoms with Gasteiger partial charge in [0.15, 0.2) is 0 Å². The topological polar surface area (TPSA) is 12.5 Å². The molecule has 3 heteroatoms. The summed E-state index contributed by atoms with van der Waals surface area (Å²) in [7, 11) is 2.22. The lowest BCUT2D eigenvalue weighted by Gasteiger charge is -2.31. The largest absolute Gasteiger partial charge is 0.492 e. The molecule has 2 rings (SSSR count). The highest BCUT2D eigenvalue weighted by atomic mass is 79.9. The number of halogens is 1. The van der Waals surface area contributed by atoms with E-state index >= 15 is 0 Å². The predicted molar refractivity (Wildman–Crippen MR) is 79.1 cm³/mol. The highest BCUT2D eigenvalue weighted by Crippen LogP contribution is 2.21. The average molecular weight is 312 g/mol. The molecule has 1 saturated carbocycles. The molecule has 1 aliphatic carbocycles. The standard InChI is InChI=1S/C15H22BrNO/c1-17(14-7-3-2-4-8-14)10-11-18-15-9-5-6-13(16)12-15/h5-6,9,12,14H,2-4,7-8,10-11H2,1H3. The first-order valence-electron chi connectivity index (χ1n) is 6.84. The summed E-state index contributed by atoms with van der Waals surface area (Å²) in [5.74, 6) is 0.946. The maximum atomic E-state index is 5.78. The number of rotatable bonds is 5. The molecular weight excluding hydrogens is 290 g/mol. The molecule has 0 aliphatic heterocycles. The smallest absolute Gasteiger partial charge is 0.120 e. The van der Waals surface area contributed by atoms with E-state index in [4.69, 9.17) is 4.74 Å². The van der Waals surface area contributed by atoms with E-state index in [1.54, 1.807) is 0 Å². The zero-order valence-corrected chi connectivity index (χ0v) is 12.7. The highest BCUT2D eigenvalue weighted by Gasteiger charge is 2.17. The van der Waals surface area contributed by atoms with Crippen LogP contribution in [0.2, 0.25) is 0 Å². The predicted octanol–water partition coefficient (Wildman–Crippen LogP) is 4.09. The van der Waals surface area contributed by atoms with Crippen molar-refractivity contribution in [3.63, 3.8) is 0 Å². The quantitative estimate of drug-likeness (QED) is 0.812. The Kier molecular flexibility index (Phi) is 5.51. The average Bonchev–Trinajstić information content (AvgIpc) is 2.40. The molecule has 0 bridgehead atoms. The third-order valence-corrected chi connectivity index (χ3v) is 4.20. The van der Waals surface area contributed by atoms with Crippen molar-refractivity contribution in [3.05, 3.63) is 28.7 Å². The number of nitrogens with zero attached hydrogens (tertiary/aromatic N) is 1. The Morgan fingerprint density at radius 3 is 2.78 bits per heavy atom. The maximum Gasteiger partial charge on any atom is 0.120 e. The van der Waals surface area contributed by atoms with Gasteiger partial charge in [0.1, 0.15) is 12.4 Å². The van der Waals surface area contributed by atoms with Gasteiger partial charge in [-0.15, -0.1) is 0 Å². The molecule has 1 fully saturated rings. The Hall–Kier alpha value is -0.540. The van der Waals surface area contributed by atoms with Crippen LogP contribution in [0.4, 0.5) is 0 Å². The summed E-state index contributed by atoms with van der Waals surface area (Å²) in [5, 5.41) is 0. The molecule has 0 N–H and O–H groups in total. The maximum absolute atomic E-state index is 5.78. The fourth-order valence-electron chi connectivity index (χ4n) is 2.57. The Morgan fingerprint density at radius 2 is 2.06 bits per heavy atom. The number of hydrogen-bond donors (Lipinski definition) is 0. The second kappa shape index (κ2) is 7.15. The van der Waals surface area contributed by atoms with Gasteiger partial charge >= 0.3 is 0 Å². The van der Waals surface area contributed by atoms with Crippen LogP contribution in [0.15, 0.2) is 28.7 Å². The van der Waals surface area contributed by atoms with Crippen molar-refractivity contribution in [1.29, 1.82) is 0 Å². The minimum absolute atomic E-state index is 0.767. The van der Waals surface area contributed by atoms with Crippen LogP contribution in [0, 0.1) is 0 Å². The van der Waals surface area contributed by atoms with Gasteiger partial charge in [0, 0.05) is 17.1 Å². The van der Waals surface area contributed by atoms with Crippen molar-refractivity contribution in [2.24, 2.45) is 0 Å². The van der Waals surface area contributed by atoms with Gasteiger partial charge in [-0.2, -0.15) is 0 Å². The molecule has 2 nitrogen and oxygen atoms in total. The van der Waals surface area contributed by atoms with E-state index in [0.717, 1.165) is 29.4 Å². The van der Waals surface area contributed by atoms with E-state index < -0.39 is 0 Å². The van der Waals surface area contributed by atoms with Crippen LogP contribution in [0.3, 0.4) is 0 Å². The van der Waals surface area contributed by atoms with Crippen LogP contribution in [0.25, 0.3) is 0 Å². The van der Waals surface area contributed by atoms with Gasteiger partial charge in [-0.05, 0) is 38.1 Å². The number of hydrogen-bond acceptors (Lipinski definition) is 2. The molecule has 0 radical (unpaired) electrons. The third kappa shape index (κ3) is 4.29. The third-order valence-electron chi connectivity index (χ3n) is 3.71. The van der Waals surface area contributed by atoms with Gasteiger partial charge in [-0.3, -0.25) is 0 Å². The molecule has 18 heavy (non-hydrogen) atoms. The minimum atomic E-state index is 0.767. The fraction of sp³-hybridized carbons (Fsp3) is 0.600. The van der Waals surface area contributed by atoms with Crippen LogP contribution in [0.1, 0.15) is 32.1 Å². The Morgan fingerprint density at radius 1 is 1.28 bits per heavy atom. The van der Waals surface area contributed by atoms with Crippen molar-refractivity contribution in [2.45, 2.75) is 38.1 Å². The molecule has 0 saturated heterocycles. The second-order valence-electron chi connectivity index (χ2n) is 5.08. The van der Waals surface area contributed by atoms with Gasteiger partial charge in [0.2, 0.25) is 0 Å². The lowest BCUT2D eigenvalue weighted by Crippen LogP contribution is -2.36. The number of benzene rings is 1. The molecule has 100 valence electrons. The van der Waals surface area contributed by atoms with Gasteiger partial charge in [0.25, 0.3) is 0 Å². The summed E-state index contributed by atoms with van der Waals surface area (Å²) in [6, 6.07) is 8.81. The van der Waals surface area contributed by atoms with Crippen molar-refractivity contribution >= 4 is 15.9 Å². The van der Waals surface area contributed by atoms with Gasteiger partial charge in [0.05, 0.1) is 0 Å². The fourth-order valence-corrected chi connectivity index (χ4v) is 2.95. The van der Waals surface area contributed by atoms with Crippen molar-refractivity contribution in [2.75, 3.05) is 20.2 Å². The molecule has 0 spiro atoms. The van der Waals surface area contributed by atoms with Gasteiger partial charge in [-0.25, -0.2) is 0 Å². The number of likely N-dealkylation sites (N-methyl/N-ethyl adjacent to an activating group) is 1. The summed E-state index contributed by atoms with van der Waals surface area (Å²) in [6.07, 6.45) is 6.91. The van der Waals surface area contributed by atoms with E-state index in [2.05, 4.69) is 27.9 Å². The van der Waals surface area contributed by atoms with Crippen LogP contribution in [0.5, 0.6) is 5.75 Å². The Balaban J connectivity index is 1.71. The Bertz CT molecular complexity index is 363. The minimum Gasteiger partial charge on any atom is -0.492 e. The van der Waals surface area contributed by atoms with Gasteiger partial charge < -0.3 is 9.64 Å². The van der Waals surface area contributed by atoms with Crippen LogP contribution in [-0.2, 0) is 0 Å². The van der Waals surface area contributed by atoms with Crippen LogP contribution < -0.4 is 4.74 Å². The molecular formula is C15H22BrNO. The Labute approximate surface area is 118 Å². The molecule has 1 aromatic rings. The summed E-state index contributed by atoms with van der Waals surface area (Å²) in [6.45, 7) is 1.78. The lowest BCUT2D eigenvalue weighted by molar-refractivity contribution is 0.160. The normalized spacial score (nSPS) is 17.1. The zero-order valence-electron chi connectivity index (χ0n) is 11.1. The first-order valence-corrected chi connectivity index (χ1v) is 7.63. The summed E-state index contributed by atoms with van der Waals surface area (Å²) in [5.41, 5.74) is 0. The lowest BCUT2D eigenvalue weighted by atomic mass is 9.94. The summed E-state index contributed by atoms with van der Waals surface area (Å²) >= 11 is 3.46. The first kappa shape index (κ1) is 13.9. The molecule has 0 amide bonds. The molecule has 0 unspecified atom stereocenters. The summed E-state index contributed by atoms with van der Waals surface area (Å²) in [4.78, 5) is 2.46. The SMILES string of the molecule is CN(CCOc1cccc(Br)c1)C1CCCCC1. The van der Waals surface area contributed by atoms with E-state index in [1.165, 1.54) is 32.1 Å². The van der Waals surface area contributed by atoms with E-state index in [1.807, 2.05) is 24.3 Å². The van der Waals surface area contributed by atoms with Crippen molar-refractivity contribution in [3.8, 4) is 5.75 Å². The first-order chi connectivity index (χ1) is 8.75. The van der Waals surface area contributed by atoms with Crippen LogP contribution >= 0.6 is 15.9 Å². The molecule has 0 aromatic heterocycles. The molecule has 0 atom stereocenters. The number of ether oxygens (including phenoxy) is 1. The molecule has 1 aliphatic rings. The zero-order chi connectivity index (χ0) is 12.8. The van der Waals surface area contributed by atoms with Crippen molar-refractivity contribution in [1.82, 2.24) is 4.90 Å². The molecule has 1 aromatic carbocycles. The monoisotopic (exact) mass is 311 g/mol. The van der Waals surface area contributed by atoms with E-state index in [0.29, 0.717) is 0 Å². The van der Waals surface area contributed by atoms with Crippen LogP contribution in [-0.4, -0.2) is 31.1 Å². The van der Waals surface area contributed by atoms with E-state index in [-0.39, 0.29) is 0 Å². The van der Waals surface area contributed by atoms with Gasteiger partial charge in [-0.1, -0.05) is 41.3 Å². The van der Waals surface area contributed by atoms with E-state index in [9.17, 15) is 0 Å². The highest BCUT2D eigenvalue weighted by molar-refractivity contribution is 9.10. The summed E-state index contributed by atoms with van der Waals surface area (Å²) < 4.78 is 6.85. The molecule has 0 heterocycles. The van der Waals surface area contributed by atoms with Crippen molar-refractivity contribution < 1.29 is 4.74 Å².